The third kappa shape index (κ3) is 3.58. The first-order chi connectivity index (χ1) is 14.5. The summed E-state index contributed by atoms with van der Waals surface area (Å²) in [5, 5.41) is 8.88. The average molecular weight is 427 g/mol. The fourth-order valence-electron chi connectivity index (χ4n) is 3.20. The first-order valence-electron chi connectivity index (χ1n) is 9.68. The Morgan fingerprint density at radius 2 is 1.83 bits per heavy atom. The van der Waals surface area contributed by atoms with Crippen molar-refractivity contribution in [1.29, 1.82) is 0 Å². The van der Waals surface area contributed by atoms with Crippen LogP contribution in [0.1, 0.15) is 25.7 Å². The lowest BCUT2D eigenvalue weighted by Crippen LogP contribution is -2.37. The highest BCUT2D eigenvalue weighted by atomic mass is 32.2. The summed E-state index contributed by atoms with van der Waals surface area (Å²) in [6.45, 7) is 2.73. The summed E-state index contributed by atoms with van der Waals surface area (Å²) in [6.07, 6.45) is 1.86. The summed E-state index contributed by atoms with van der Waals surface area (Å²) in [7, 11) is 3.11. The predicted octanol–water partition coefficient (Wildman–Crippen LogP) is 2.58. The van der Waals surface area contributed by atoms with Crippen LogP contribution in [-0.4, -0.2) is 28.9 Å². The second-order valence-corrected chi connectivity index (χ2v) is 7.88. The Bertz CT molecular complexity index is 1300. The fourth-order valence-corrected chi connectivity index (χ4v) is 4.05. The molecule has 0 amide bonds. The molecule has 0 aliphatic carbocycles. The fraction of sp³-hybridized carbons (Fsp3) is 0.350. The standard InChI is InChI=1S/C20H22N6O3S/c1-4-5-11-26-15-16(24(2)20(28)25(3)18(15)27)21-19(26)30-12-14-22-23-17(29-14)13-9-7-6-8-10-13/h6-10H,4-5,11-12H2,1-3H3. The van der Waals surface area contributed by atoms with Crippen molar-refractivity contribution < 1.29 is 4.42 Å². The number of unbranched alkanes of at least 4 members (excludes halogenated alkanes) is 1. The van der Waals surface area contributed by atoms with Crippen LogP contribution >= 0.6 is 11.8 Å². The van der Waals surface area contributed by atoms with Gasteiger partial charge in [-0.2, -0.15) is 0 Å². The van der Waals surface area contributed by atoms with Gasteiger partial charge in [-0.25, -0.2) is 9.78 Å². The number of aromatic nitrogens is 6. The molecule has 3 heterocycles. The SMILES string of the molecule is CCCCn1c(SCc2nnc(-c3ccccc3)o2)nc2c1c(=O)n(C)c(=O)n2C. The number of aryl methyl sites for hydroxylation is 2. The molecule has 0 fully saturated rings. The first kappa shape index (κ1) is 20.1. The van der Waals surface area contributed by atoms with Crippen LogP contribution in [0.5, 0.6) is 0 Å². The maximum atomic E-state index is 12.8. The van der Waals surface area contributed by atoms with Crippen LogP contribution in [0.25, 0.3) is 22.6 Å². The number of imidazole rings is 1. The quantitative estimate of drug-likeness (QED) is 0.419. The molecule has 4 aromatic rings. The molecular weight excluding hydrogens is 404 g/mol. The van der Waals surface area contributed by atoms with Gasteiger partial charge < -0.3 is 8.98 Å². The van der Waals surface area contributed by atoms with Crippen molar-refractivity contribution in [3.05, 3.63) is 57.1 Å². The van der Waals surface area contributed by atoms with E-state index in [-0.39, 0.29) is 5.56 Å². The van der Waals surface area contributed by atoms with Crippen LogP contribution < -0.4 is 11.2 Å². The molecule has 0 aliphatic heterocycles. The lowest BCUT2D eigenvalue weighted by molar-refractivity contribution is 0.527. The molecule has 1 aromatic carbocycles. The second kappa shape index (κ2) is 8.31. The van der Waals surface area contributed by atoms with Crippen molar-refractivity contribution in [2.24, 2.45) is 14.1 Å². The number of benzene rings is 1. The number of hydrogen-bond donors (Lipinski definition) is 0. The van der Waals surface area contributed by atoms with Gasteiger partial charge in [0.1, 0.15) is 0 Å². The van der Waals surface area contributed by atoms with Crippen molar-refractivity contribution in [3.63, 3.8) is 0 Å². The summed E-state index contributed by atoms with van der Waals surface area (Å²) >= 11 is 1.41. The minimum atomic E-state index is -0.395. The Balaban J connectivity index is 1.68. The molecule has 0 radical (unpaired) electrons. The minimum Gasteiger partial charge on any atom is -0.420 e. The molecule has 0 saturated heterocycles. The molecule has 30 heavy (non-hydrogen) atoms. The van der Waals surface area contributed by atoms with Crippen molar-refractivity contribution in [2.45, 2.75) is 37.2 Å². The van der Waals surface area contributed by atoms with E-state index in [1.165, 1.54) is 23.4 Å². The van der Waals surface area contributed by atoms with Crippen molar-refractivity contribution in [2.75, 3.05) is 0 Å². The van der Waals surface area contributed by atoms with Gasteiger partial charge in [-0.15, -0.1) is 10.2 Å². The van der Waals surface area contributed by atoms with E-state index in [9.17, 15) is 9.59 Å². The van der Waals surface area contributed by atoms with E-state index in [1.54, 1.807) is 7.05 Å². The van der Waals surface area contributed by atoms with E-state index in [1.807, 2.05) is 34.9 Å². The number of fused-ring (bicyclic) bond motifs is 1. The Labute approximate surface area is 176 Å². The molecule has 0 spiro atoms. The van der Waals surface area contributed by atoms with Gasteiger partial charge in [-0.3, -0.25) is 13.9 Å². The third-order valence-corrected chi connectivity index (χ3v) is 5.82. The molecule has 0 N–H and O–H groups in total. The summed E-state index contributed by atoms with van der Waals surface area (Å²) in [6, 6.07) is 9.56. The van der Waals surface area contributed by atoms with Crippen molar-refractivity contribution >= 4 is 22.9 Å². The molecule has 156 valence electrons. The Hall–Kier alpha value is -3.14. The van der Waals surface area contributed by atoms with Crippen LogP contribution in [-0.2, 0) is 26.4 Å². The topological polar surface area (TPSA) is 101 Å². The molecule has 0 bridgehead atoms. The summed E-state index contributed by atoms with van der Waals surface area (Å²) in [5.74, 6) is 1.33. The monoisotopic (exact) mass is 426 g/mol. The van der Waals surface area contributed by atoms with E-state index in [4.69, 9.17) is 4.42 Å². The molecule has 0 unspecified atom stereocenters. The Kier molecular flexibility index (Phi) is 5.58. The van der Waals surface area contributed by atoms with Gasteiger partial charge in [0.2, 0.25) is 11.8 Å². The van der Waals surface area contributed by atoms with Gasteiger partial charge >= 0.3 is 5.69 Å². The first-order valence-corrected chi connectivity index (χ1v) is 10.7. The summed E-state index contributed by atoms with van der Waals surface area (Å²) < 4.78 is 10.2. The van der Waals surface area contributed by atoms with Crippen LogP contribution in [0.3, 0.4) is 0 Å². The van der Waals surface area contributed by atoms with E-state index in [0.717, 1.165) is 23.0 Å². The molecule has 4 rings (SSSR count). The van der Waals surface area contributed by atoms with Crippen LogP contribution in [0.15, 0.2) is 49.5 Å². The second-order valence-electron chi connectivity index (χ2n) is 6.93. The molecule has 0 aliphatic rings. The van der Waals surface area contributed by atoms with Crippen molar-refractivity contribution in [3.8, 4) is 11.5 Å². The smallest absolute Gasteiger partial charge is 0.332 e. The van der Waals surface area contributed by atoms with E-state index >= 15 is 0 Å². The van der Waals surface area contributed by atoms with Gasteiger partial charge in [0.25, 0.3) is 5.56 Å². The van der Waals surface area contributed by atoms with Crippen LogP contribution in [0.4, 0.5) is 0 Å². The summed E-state index contributed by atoms with van der Waals surface area (Å²) in [4.78, 5) is 29.7. The zero-order chi connectivity index (χ0) is 21.3. The zero-order valence-electron chi connectivity index (χ0n) is 17.0. The van der Waals surface area contributed by atoms with E-state index in [2.05, 4.69) is 22.1 Å². The number of nitrogens with zero attached hydrogens (tertiary/aromatic N) is 6. The number of rotatable bonds is 7. The average Bonchev–Trinajstić information content (AvgIpc) is 3.39. The highest BCUT2D eigenvalue weighted by Crippen LogP contribution is 2.26. The highest BCUT2D eigenvalue weighted by Gasteiger charge is 2.20. The number of thioether (sulfide) groups is 1. The molecule has 9 nitrogen and oxygen atoms in total. The molecule has 0 saturated carbocycles. The highest BCUT2D eigenvalue weighted by molar-refractivity contribution is 7.98. The van der Waals surface area contributed by atoms with Gasteiger partial charge in [0.15, 0.2) is 16.3 Å². The molecule has 0 atom stereocenters. The van der Waals surface area contributed by atoms with Crippen molar-refractivity contribution in [1.82, 2.24) is 28.9 Å². The number of hydrogen-bond acceptors (Lipinski definition) is 7. The largest absolute Gasteiger partial charge is 0.420 e. The Morgan fingerprint density at radius 3 is 2.57 bits per heavy atom. The van der Waals surface area contributed by atoms with Gasteiger partial charge in [0.05, 0.1) is 5.75 Å². The lowest BCUT2D eigenvalue weighted by atomic mass is 10.2. The zero-order valence-corrected chi connectivity index (χ0v) is 17.8. The third-order valence-electron chi connectivity index (χ3n) is 4.86. The normalized spacial score (nSPS) is 11.4. The molecule has 3 aromatic heterocycles. The molecular formula is C20H22N6O3S. The van der Waals surface area contributed by atoms with Gasteiger partial charge in [-0.05, 0) is 18.6 Å². The predicted molar refractivity (Wildman–Crippen MR) is 114 cm³/mol. The molecule has 10 heteroatoms. The van der Waals surface area contributed by atoms with Crippen LogP contribution in [0, 0.1) is 0 Å². The van der Waals surface area contributed by atoms with E-state index in [0.29, 0.717) is 40.4 Å². The van der Waals surface area contributed by atoms with E-state index < -0.39 is 5.69 Å². The lowest BCUT2D eigenvalue weighted by Gasteiger charge is -2.08. The van der Waals surface area contributed by atoms with Gasteiger partial charge in [-0.1, -0.05) is 43.3 Å². The maximum absolute atomic E-state index is 12.8. The minimum absolute atomic E-state index is 0.340. The maximum Gasteiger partial charge on any atom is 0.332 e. The Morgan fingerprint density at radius 1 is 1.07 bits per heavy atom. The van der Waals surface area contributed by atoms with Gasteiger partial charge in [0, 0.05) is 26.2 Å². The van der Waals surface area contributed by atoms with Crippen LogP contribution in [0.2, 0.25) is 0 Å². The summed E-state index contributed by atoms with van der Waals surface area (Å²) in [5.41, 5.74) is 0.944.